The van der Waals surface area contributed by atoms with Gasteiger partial charge in [0.05, 0.1) is 4.90 Å². The predicted octanol–water partition coefficient (Wildman–Crippen LogP) is 4.25. The van der Waals surface area contributed by atoms with E-state index in [4.69, 9.17) is 0 Å². The van der Waals surface area contributed by atoms with E-state index in [1.807, 2.05) is 0 Å². The van der Waals surface area contributed by atoms with E-state index in [1.54, 1.807) is 6.92 Å². The molecule has 0 saturated heterocycles. The molecule has 0 bridgehead atoms. The van der Waals surface area contributed by atoms with E-state index < -0.39 is 21.6 Å². The molecule has 0 aromatic heterocycles. The van der Waals surface area contributed by atoms with Crippen LogP contribution in [0, 0.1) is 12.7 Å². The highest BCUT2D eigenvalue weighted by atomic mass is 32.2. The van der Waals surface area contributed by atoms with Crippen molar-refractivity contribution in [3.05, 3.63) is 53.8 Å². The van der Waals surface area contributed by atoms with Crippen molar-refractivity contribution in [1.82, 2.24) is 0 Å². The molecule has 22 heavy (non-hydrogen) atoms. The summed E-state index contributed by atoms with van der Waals surface area (Å²) in [5, 5.41) is 0. The minimum absolute atomic E-state index is 0.168. The van der Waals surface area contributed by atoms with Crippen molar-refractivity contribution < 1.29 is 21.6 Å². The third kappa shape index (κ3) is 4.17. The van der Waals surface area contributed by atoms with Crippen molar-refractivity contribution in [3.63, 3.8) is 0 Å². The fraction of sp³-hybridized carbons (Fsp3) is 0.143. The Morgan fingerprint density at radius 2 is 1.73 bits per heavy atom. The number of rotatable bonds is 5. The van der Waals surface area contributed by atoms with Gasteiger partial charge in [0.2, 0.25) is 0 Å². The fourth-order valence-corrected chi connectivity index (χ4v) is 3.59. The molecule has 2 aromatic carbocycles. The number of thioether (sulfide) groups is 1. The fourth-order valence-electron chi connectivity index (χ4n) is 1.78. The Morgan fingerprint density at radius 3 is 2.32 bits per heavy atom. The van der Waals surface area contributed by atoms with Gasteiger partial charge in [0.1, 0.15) is 5.82 Å². The monoisotopic (exact) mass is 347 g/mol. The number of sulfonamides is 1. The molecule has 0 unspecified atom stereocenters. The summed E-state index contributed by atoms with van der Waals surface area (Å²) in [7, 11) is -3.95. The summed E-state index contributed by atoms with van der Waals surface area (Å²) in [5.74, 6) is -3.20. The summed E-state index contributed by atoms with van der Waals surface area (Å²) in [6.07, 6.45) is 0. The second kappa shape index (κ2) is 6.62. The van der Waals surface area contributed by atoms with Crippen LogP contribution in [0.25, 0.3) is 0 Å². The smallest absolute Gasteiger partial charge is 0.280 e. The Hall–Kier alpha value is -1.67. The first-order valence-electron chi connectivity index (χ1n) is 6.12. The Balaban J connectivity index is 2.23. The summed E-state index contributed by atoms with van der Waals surface area (Å²) in [6.45, 7) is 1.55. The minimum atomic E-state index is -3.95. The van der Waals surface area contributed by atoms with E-state index >= 15 is 0 Å². The SMILES string of the molecule is Cc1ccc(F)cc1S(=O)(=O)Nc1ccc(SC(F)F)cc1. The van der Waals surface area contributed by atoms with Gasteiger partial charge in [0.15, 0.2) is 0 Å². The van der Waals surface area contributed by atoms with Crippen LogP contribution < -0.4 is 4.72 Å². The van der Waals surface area contributed by atoms with E-state index in [0.29, 0.717) is 22.2 Å². The largest absolute Gasteiger partial charge is 0.288 e. The quantitative estimate of drug-likeness (QED) is 0.823. The average Bonchev–Trinajstić information content (AvgIpc) is 2.43. The van der Waals surface area contributed by atoms with Gasteiger partial charge >= 0.3 is 0 Å². The van der Waals surface area contributed by atoms with Crippen LogP contribution in [0.4, 0.5) is 18.9 Å². The maximum absolute atomic E-state index is 13.2. The van der Waals surface area contributed by atoms with E-state index in [1.165, 1.54) is 36.4 Å². The number of hydrogen-bond donors (Lipinski definition) is 1. The normalized spacial score (nSPS) is 11.7. The second-order valence-electron chi connectivity index (χ2n) is 4.42. The molecule has 8 heteroatoms. The van der Waals surface area contributed by atoms with Crippen molar-refractivity contribution >= 4 is 27.5 Å². The van der Waals surface area contributed by atoms with Crippen LogP contribution in [0.1, 0.15) is 5.56 Å². The van der Waals surface area contributed by atoms with Gasteiger partial charge in [0, 0.05) is 10.6 Å². The molecule has 0 aliphatic rings. The first kappa shape index (κ1) is 16.7. The van der Waals surface area contributed by atoms with Crippen molar-refractivity contribution in [2.24, 2.45) is 0 Å². The number of hydrogen-bond acceptors (Lipinski definition) is 3. The number of anilines is 1. The number of halogens is 3. The molecule has 3 nitrogen and oxygen atoms in total. The molecule has 0 fully saturated rings. The molecule has 0 aliphatic heterocycles. The molecular weight excluding hydrogens is 335 g/mol. The molecule has 0 amide bonds. The first-order valence-corrected chi connectivity index (χ1v) is 8.48. The number of aryl methyl sites for hydroxylation is 1. The van der Waals surface area contributed by atoms with Gasteiger partial charge in [0.25, 0.3) is 15.8 Å². The van der Waals surface area contributed by atoms with Gasteiger partial charge in [-0.05, 0) is 48.9 Å². The van der Waals surface area contributed by atoms with Crippen molar-refractivity contribution in [1.29, 1.82) is 0 Å². The van der Waals surface area contributed by atoms with Crippen LogP contribution in [0.15, 0.2) is 52.3 Å². The van der Waals surface area contributed by atoms with E-state index in [9.17, 15) is 21.6 Å². The first-order chi connectivity index (χ1) is 10.3. The van der Waals surface area contributed by atoms with Gasteiger partial charge in [-0.15, -0.1) is 0 Å². The van der Waals surface area contributed by atoms with Crippen LogP contribution in [0.5, 0.6) is 0 Å². The molecule has 0 heterocycles. The Morgan fingerprint density at radius 1 is 1.09 bits per heavy atom. The van der Waals surface area contributed by atoms with Crippen LogP contribution in [-0.2, 0) is 10.0 Å². The number of alkyl halides is 2. The van der Waals surface area contributed by atoms with Crippen molar-refractivity contribution in [2.75, 3.05) is 4.72 Å². The molecule has 0 radical (unpaired) electrons. The molecule has 0 saturated carbocycles. The molecule has 0 atom stereocenters. The maximum atomic E-state index is 13.2. The van der Waals surface area contributed by atoms with E-state index in [-0.39, 0.29) is 10.6 Å². The second-order valence-corrected chi connectivity index (χ2v) is 7.13. The van der Waals surface area contributed by atoms with Crippen LogP contribution >= 0.6 is 11.8 Å². The highest BCUT2D eigenvalue weighted by Gasteiger charge is 2.18. The predicted molar refractivity (Wildman–Crippen MR) is 80.2 cm³/mol. The van der Waals surface area contributed by atoms with E-state index in [2.05, 4.69) is 4.72 Å². The van der Waals surface area contributed by atoms with Gasteiger partial charge in [-0.3, -0.25) is 4.72 Å². The lowest BCUT2D eigenvalue weighted by Crippen LogP contribution is -2.14. The lowest BCUT2D eigenvalue weighted by Gasteiger charge is -2.11. The third-order valence-electron chi connectivity index (χ3n) is 2.77. The Labute approximate surface area is 130 Å². The topological polar surface area (TPSA) is 46.2 Å². The summed E-state index contributed by atoms with van der Waals surface area (Å²) in [5.41, 5.74) is 0.612. The summed E-state index contributed by atoms with van der Waals surface area (Å²) < 4.78 is 64.4. The van der Waals surface area contributed by atoms with Gasteiger partial charge in [-0.1, -0.05) is 17.8 Å². The van der Waals surface area contributed by atoms with Crippen LogP contribution in [-0.4, -0.2) is 14.2 Å². The summed E-state index contributed by atoms with van der Waals surface area (Å²) in [6, 6.07) is 8.98. The molecule has 118 valence electrons. The standard InChI is InChI=1S/C14H12F3NO2S2/c1-9-2-3-10(15)8-13(9)22(19,20)18-11-4-6-12(7-5-11)21-14(16)17/h2-8,14,18H,1H3. The zero-order valence-corrected chi connectivity index (χ0v) is 13.0. The zero-order chi connectivity index (χ0) is 16.3. The Bertz CT molecular complexity index is 762. The average molecular weight is 347 g/mol. The van der Waals surface area contributed by atoms with Crippen LogP contribution in [0.2, 0.25) is 0 Å². The van der Waals surface area contributed by atoms with Gasteiger partial charge in [-0.25, -0.2) is 12.8 Å². The minimum Gasteiger partial charge on any atom is -0.280 e. The molecule has 0 spiro atoms. The highest BCUT2D eigenvalue weighted by molar-refractivity contribution is 7.99. The summed E-state index contributed by atoms with van der Waals surface area (Å²) in [4.78, 5) is 0.151. The highest BCUT2D eigenvalue weighted by Crippen LogP contribution is 2.27. The van der Waals surface area contributed by atoms with Gasteiger partial charge < -0.3 is 0 Å². The summed E-state index contributed by atoms with van der Waals surface area (Å²) >= 11 is 0.366. The molecule has 1 N–H and O–H groups in total. The van der Waals surface area contributed by atoms with Gasteiger partial charge in [-0.2, -0.15) is 8.78 Å². The molecule has 2 rings (SSSR count). The molecular formula is C14H12F3NO2S2. The number of benzene rings is 2. The van der Waals surface area contributed by atoms with E-state index in [0.717, 1.165) is 6.07 Å². The number of nitrogens with one attached hydrogen (secondary N) is 1. The maximum Gasteiger partial charge on any atom is 0.288 e. The lowest BCUT2D eigenvalue weighted by molar-refractivity contribution is 0.252. The van der Waals surface area contributed by atoms with Crippen molar-refractivity contribution in [3.8, 4) is 0 Å². The lowest BCUT2D eigenvalue weighted by atomic mass is 10.2. The molecule has 0 aliphatic carbocycles. The zero-order valence-electron chi connectivity index (χ0n) is 11.4. The molecule has 2 aromatic rings. The van der Waals surface area contributed by atoms with Crippen molar-refractivity contribution in [2.45, 2.75) is 22.5 Å². The Kier molecular flexibility index (Phi) is 5.02. The third-order valence-corrected chi connectivity index (χ3v) is 5.02. The van der Waals surface area contributed by atoms with Crippen LogP contribution in [0.3, 0.4) is 0 Å².